The molecule has 158 valence electrons. The summed E-state index contributed by atoms with van der Waals surface area (Å²) in [4.78, 5) is 6.13. The zero-order chi connectivity index (χ0) is 21.7. The van der Waals surface area contributed by atoms with E-state index < -0.39 is 21.8 Å². The first-order valence-corrected chi connectivity index (χ1v) is 10.2. The van der Waals surface area contributed by atoms with E-state index >= 15 is 0 Å². The van der Waals surface area contributed by atoms with Gasteiger partial charge in [0.2, 0.25) is 10.0 Å². The number of benzene rings is 2. The van der Waals surface area contributed by atoms with Crippen molar-refractivity contribution in [3.63, 3.8) is 0 Å². The number of alkyl halides is 3. The summed E-state index contributed by atoms with van der Waals surface area (Å²) in [5, 5.41) is 3.14. The van der Waals surface area contributed by atoms with Gasteiger partial charge in [-0.05, 0) is 42.4 Å². The molecule has 0 aliphatic heterocycles. The molecule has 0 aliphatic rings. The highest BCUT2D eigenvalue weighted by Gasteiger charge is 2.29. The average molecular weight is 428 g/mol. The third kappa shape index (κ3) is 6.20. The molecule has 2 N–H and O–H groups in total. The molecule has 6 nitrogen and oxygen atoms in total. The van der Waals surface area contributed by atoms with Crippen molar-refractivity contribution in [1.29, 1.82) is 0 Å². The maximum absolute atomic E-state index is 12.7. The fraction of sp³-hybridized carbons (Fsp3) is 0.316. The molecule has 0 aromatic heterocycles. The van der Waals surface area contributed by atoms with E-state index in [1.54, 1.807) is 31.1 Å². The van der Waals surface area contributed by atoms with Crippen molar-refractivity contribution in [2.75, 3.05) is 21.1 Å². The fourth-order valence-corrected chi connectivity index (χ4v) is 3.35. The SMILES string of the molecule is CN=C(NCc1ccc(S(=O)(=O)NC)cc1)N(C)Cc1ccc(C(F)(F)F)cc1. The highest BCUT2D eigenvalue weighted by molar-refractivity contribution is 7.89. The van der Waals surface area contributed by atoms with Gasteiger partial charge in [0, 0.05) is 27.2 Å². The summed E-state index contributed by atoms with van der Waals surface area (Å²) in [5.41, 5.74) is 0.879. The lowest BCUT2D eigenvalue weighted by Gasteiger charge is -2.22. The summed E-state index contributed by atoms with van der Waals surface area (Å²) in [6.07, 6.45) is -4.36. The van der Waals surface area contributed by atoms with Gasteiger partial charge in [-0.3, -0.25) is 4.99 Å². The van der Waals surface area contributed by atoms with E-state index in [-0.39, 0.29) is 4.90 Å². The summed E-state index contributed by atoms with van der Waals surface area (Å²) >= 11 is 0. The van der Waals surface area contributed by atoms with Crippen LogP contribution in [0.5, 0.6) is 0 Å². The Balaban J connectivity index is 1.97. The number of nitrogens with zero attached hydrogens (tertiary/aromatic N) is 2. The van der Waals surface area contributed by atoms with Gasteiger partial charge in [-0.1, -0.05) is 24.3 Å². The van der Waals surface area contributed by atoms with Crippen LogP contribution in [0, 0.1) is 0 Å². The van der Waals surface area contributed by atoms with Crippen molar-refractivity contribution in [2.24, 2.45) is 4.99 Å². The van der Waals surface area contributed by atoms with Crippen molar-refractivity contribution in [3.8, 4) is 0 Å². The topological polar surface area (TPSA) is 73.8 Å². The maximum Gasteiger partial charge on any atom is 0.416 e. The Morgan fingerprint density at radius 1 is 1.03 bits per heavy atom. The molecular weight excluding hydrogens is 405 g/mol. The largest absolute Gasteiger partial charge is 0.416 e. The number of sulfonamides is 1. The highest BCUT2D eigenvalue weighted by atomic mass is 32.2. The smallest absolute Gasteiger partial charge is 0.352 e. The zero-order valence-electron chi connectivity index (χ0n) is 16.3. The number of hydrogen-bond acceptors (Lipinski definition) is 3. The second kappa shape index (κ2) is 9.27. The van der Waals surface area contributed by atoms with Gasteiger partial charge in [0.15, 0.2) is 5.96 Å². The molecule has 0 atom stereocenters. The summed E-state index contributed by atoms with van der Waals surface area (Å²) < 4.78 is 63.7. The Hall–Kier alpha value is -2.59. The first-order valence-electron chi connectivity index (χ1n) is 8.67. The van der Waals surface area contributed by atoms with Gasteiger partial charge in [-0.15, -0.1) is 0 Å². The lowest BCUT2D eigenvalue weighted by Crippen LogP contribution is -2.38. The number of rotatable bonds is 6. The van der Waals surface area contributed by atoms with Crippen LogP contribution in [0.25, 0.3) is 0 Å². The van der Waals surface area contributed by atoms with Crippen LogP contribution in [0.15, 0.2) is 58.4 Å². The molecular formula is C19H23F3N4O2S. The molecule has 2 aromatic rings. The number of guanidine groups is 1. The van der Waals surface area contributed by atoms with Crippen molar-refractivity contribution < 1.29 is 21.6 Å². The van der Waals surface area contributed by atoms with Crippen molar-refractivity contribution in [2.45, 2.75) is 24.2 Å². The Bertz CT molecular complexity index is 941. The predicted molar refractivity (Wildman–Crippen MR) is 106 cm³/mol. The van der Waals surface area contributed by atoms with Gasteiger partial charge in [0.1, 0.15) is 0 Å². The third-order valence-electron chi connectivity index (χ3n) is 4.23. The Labute approximate surface area is 168 Å². The van der Waals surface area contributed by atoms with Gasteiger partial charge in [-0.25, -0.2) is 13.1 Å². The molecule has 0 aliphatic carbocycles. The van der Waals surface area contributed by atoms with Gasteiger partial charge in [0.05, 0.1) is 10.5 Å². The van der Waals surface area contributed by atoms with Crippen LogP contribution >= 0.6 is 0 Å². The number of hydrogen-bond donors (Lipinski definition) is 2. The summed E-state index contributed by atoms with van der Waals surface area (Å²) in [6.45, 7) is 0.779. The second-order valence-corrected chi connectivity index (χ2v) is 8.19. The van der Waals surface area contributed by atoms with Gasteiger partial charge >= 0.3 is 6.18 Å². The molecule has 0 bridgehead atoms. The monoisotopic (exact) mass is 428 g/mol. The molecule has 0 heterocycles. The summed E-state index contributed by atoms with van der Waals surface area (Å²) in [7, 11) is 1.24. The van der Waals surface area contributed by atoms with Crippen LogP contribution in [-0.2, 0) is 29.3 Å². The lowest BCUT2D eigenvalue weighted by atomic mass is 10.1. The normalized spacial score (nSPS) is 12.7. The van der Waals surface area contributed by atoms with Crippen LogP contribution in [0.3, 0.4) is 0 Å². The summed E-state index contributed by atoms with van der Waals surface area (Å²) in [5.74, 6) is 0.553. The van der Waals surface area contributed by atoms with Crippen molar-refractivity contribution in [3.05, 3.63) is 65.2 Å². The van der Waals surface area contributed by atoms with Gasteiger partial charge in [0.25, 0.3) is 0 Å². The number of aliphatic imine (C=N–C) groups is 1. The average Bonchev–Trinajstić information content (AvgIpc) is 2.68. The Kier molecular flexibility index (Phi) is 7.26. The molecule has 0 saturated heterocycles. The lowest BCUT2D eigenvalue weighted by molar-refractivity contribution is -0.137. The molecule has 0 spiro atoms. The van der Waals surface area contributed by atoms with E-state index in [1.807, 2.05) is 0 Å². The van der Waals surface area contributed by atoms with Crippen LogP contribution < -0.4 is 10.0 Å². The van der Waals surface area contributed by atoms with Crippen molar-refractivity contribution in [1.82, 2.24) is 14.9 Å². The van der Waals surface area contributed by atoms with E-state index in [0.717, 1.165) is 17.7 Å². The molecule has 0 fully saturated rings. The van der Waals surface area contributed by atoms with Crippen molar-refractivity contribution >= 4 is 16.0 Å². The maximum atomic E-state index is 12.7. The Morgan fingerprint density at radius 3 is 2.07 bits per heavy atom. The Morgan fingerprint density at radius 2 is 1.59 bits per heavy atom. The molecule has 2 rings (SSSR count). The van der Waals surface area contributed by atoms with E-state index in [4.69, 9.17) is 0 Å². The standard InChI is InChI=1S/C19H23F3N4O2S/c1-23-18(25-12-14-6-10-17(11-7-14)29(27,28)24-2)26(3)13-15-4-8-16(9-5-15)19(20,21)22/h4-11,24H,12-13H2,1-3H3,(H,23,25). The second-order valence-electron chi connectivity index (χ2n) is 6.30. The predicted octanol–water partition coefficient (Wildman–Crippen LogP) is 2.82. The molecule has 0 amide bonds. The minimum Gasteiger partial charge on any atom is -0.352 e. The molecule has 10 heteroatoms. The molecule has 0 unspecified atom stereocenters. The summed E-state index contributed by atoms with van der Waals surface area (Å²) in [6, 6.07) is 11.4. The van der Waals surface area contributed by atoms with Crippen LogP contribution in [-0.4, -0.2) is 40.4 Å². The fourth-order valence-electron chi connectivity index (χ4n) is 2.62. The number of nitrogens with one attached hydrogen (secondary N) is 2. The number of halogens is 3. The van der Waals surface area contributed by atoms with Crippen LogP contribution in [0.1, 0.15) is 16.7 Å². The van der Waals surface area contributed by atoms with E-state index in [1.165, 1.54) is 31.3 Å². The molecule has 0 radical (unpaired) electrons. The highest BCUT2D eigenvalue weighted by Crippen LogP contribution is 2.29. The molecule has 29 heavy (non-hydrogen) atoms. The minimum absolute atomic E-state index is 0.174. The van der Waals surface area contributed by atoms with E-state index in [9.17, 15) is 21.6 Å². The van der Waals surface area contributed by atoms with Gasteiger partial charge in [-0.2, -0.15) is 13.2 Å². The molecule has 0 saturated carbocycles. The third-order valence-corrected chi connectivity index (χ3v) is 5.66. The van der Waals surface area contributed by atoms with Crippen LogP contribution in [0.4, 0.5) is 13.2 Å². The first kappa shape index (κ1) is 22.7. The minimum atomic E-state index is -4.36. The molecule has 2 aromatic carbocycles. The van der Waals surface area contributed by atoms with Crippen LogP contribution in [0.2, 0.25) is 0 Å². The zero-order valence-corrected chi connectivity index (χ0v) is 17.1. The van der Waals surface area contributed by atoms with E-state index in [0.29, 0.717) is 24.6 Å². The van der Waals surface area contributed by atoms with Gasteiger partial charge < -0.3 is 10.2 Å². The first-order chi connectivity index (χ1) is 13.6. The quantitative estimate of drug-likeness (QED) is 0.548. The van der Waals surface area contributed by atoms with E-state index in [2.05, 4.69) is 15.0 Å².